The molecule has 31 heavy (non-hydrogen) atoms. The first-order chi connectivity index (χ1) is 14.9. The van der Waals surface area contributed by atoms with Crippen molar-refractivity contribution in [1.82, 2.24) is 4.90 Å². The Morgan fingerprint density at radius 2 is 1.65 bits per heavy atom. The minimum absolute atomic E-state index is 0.0414. The third-order valence-electron chi connectivity index (χ3n) is 5.67. The van der Waals surface area contributed by atoms with Crippen molar-refractivity contribution in [3.05, 3.63) is 77.6 Å². The number of piperidine rings is 1. The molecular weight excluding hydrogens is 397 g/mol. The van der Waals surface area contributed by atoms with E-state index >= 15 is 0 Å². The topological polar surface area (TPSA) is 92.5 Å². The van der Waals surface area contributed by atoms with Crippen LogP contribution in [-0.4, -0.2) is 35.7 Å². The highest BCUT2D eigenvalue weighted by molar-refractivity contribution is 6.07. The number of rotatable bonds is 4. The minimum Gasteiger partial charge on any atom is -0.366 e. The van der Waals surface area contributed by atoms with Crippen LogP contribution in [0.25, 0.3) is 10.8 Å². The monoisotopic (exact) mass is 419 g/mol. The standard InChI is InChI=1S/C24H22FN3O3/c25-21-9-8-17(14-20(21)22(26)29)27-23(30)16-10-12-28(13-11-16)24(31)19-7-3-5-15-4-1-2-6-18(15)19/h1-9,14,16H,10-13H2,(H2,26,29)(H,27,30). The van der Waals surface area contributed by atoms with Crippen LogP contribution in [0.3, 0.4) is 0 Å². The number of anilines is 1. The normalized spacial score (nSPS) is 14.4. The fourth-order valence-electron chi connectivity index (χ4n) is 3.96. The summed E-state index contributed by atoms with van der Waals surface area (Å²) in [5.74, 6) is -2.17. The van der Waals surface area contributed by atoms with Gasteiger partial charge in [0.15, 0.2) is 0 Å². The first-order valence-electron chi connectivity index (χ1n) is 10.1. The van der Waals surface area contributed by atoms with Gasteiger partial charge in [-0.05, 0) is 47.9 Å². The van der Waals surface area contributed by atoms with Crippen molar-refractivity contribution in [2.24, 2.45) is 11.7 Å². The maximum absolute atomic E-state index is 13.6. The van der Waals surface area contributed by atoms with E-state index in [0.717, 1.165) is 16.8 Å². The second-order valence-electron chi connectivity index (χ2n) is 7.64. The Morgan fingerprint density at radius 3 is 2.39 bits per heavy atom. The lowest BCUT2D eigenvalue weighted by atomic mass is 9.94. The molecule has 3 amide bonds. The van der Waals surface area contributed by atoms with E-state index in [4.69, 9.17) is 5.73 Å². The number of halogens is 1. The number of hydrogen-bond acceptors (Lipinski definition) is 3. The quantitative estimate of drug-likeness (QED) is 0.677. The molecule has 1 fully saturated rings. The van der Waals surface area contributed by atoms with Gasteiger partial charge in [-0.25, -0.2) is 4.39 Å². The molecule has 0 saturated carbocycles. The smallest absolute Gasteiger partial charge is 0.254 e. The van der Waals surface area contributed by atoms with Gasteiger partial charge in [-0.3, -0.25) is 14.4 Å². The molecule has 3 aromatic rings. The summed E-state index contributed by atoms with van der Waals surface area (Å²) in [5, 5.41) is 4.64. The van der Waals surface area contributed by atoms with Gasteiger partial charge in [-0.15, -0.1) is 0 Å². The molecular formula is C24H22FN3O3. The van der Waals surface area contributed by atoms with Crippen molar-refractivity contribution in [3.63, 3.8) is 0 Å². The minimum atomic E-state index is -0.895. The molecule has 0 aromatic heterocycles. The molecule has 0 aliphatic carbocycles. The predicted molar refractivity (Wildman–Crippen MR) is 116 cm³/mol. The summed E-state index contributed by atoms with van der Waals surface area (Å²) < 4.78 is 13.6. The van der Waals surface area contributed by atoms with E-state index in [-0.39, 0.29) is 23.3 Å². The Balaban J connectivity index is 1.40. The summed E-state index contributed by atoms with van der Waals surface area (Å²) in [5.41, 5.74) is 5.86. The van der Waals surface area contributed by atoms with Crippen LogP contribution in [0.2, 0.25) is 0 Å². The van der Waals surface area contributed by atoms with Gasteiger partial charge in [0.05, 0.1) is 5.56 Å². The summed E-state index contributed by atoms with van der Waals surface area (Å²) in [7, 11) is 0. The van der Waals surface area contributed by atoms with Crippen molar-refractivity contribution in [2.75, 3.05) is 18.4 Å². The van der Waals surface area contributed by atoms with E-state index in [1.165, 1.54) is 12.1 Å². The first kappa shape index (κ1) is 20.5. The summed E-state index contributed by atoms with van der Waals surface area (Å²) >= 11 is 0. The maximum Gasteiger partial charge on any atom is 0.254 e. The zero-order valence-corrected chi connectivity index (χ0v) is 16.8. The van der Waals surface area contributed by atoms with E-state index in [1.54, 1.807) is 4.90 Å². The molecule has 1 aliphatic rings. The third kappa shape index (κ3) is 4.26. The third-order valence-corrected chi connectivity index (χ3v) is 5.67. The number of fused-ring (bicyclic) bond motifs is 1. The van der Waals surface area contributed by atoms with Crippen molar-refractivity contribution in [1.29, 1.82) is 0 Å². The number of carbonyl (C=O) groups is 3. The molecule has 4 rings (SSSR count). The molecule has 3 aromatic carbocycles. The number of primary amides is 1. The van der Waals surface area contributed by atoms with Crippen LogP contribution >= 0.6 is 0 Å². The molecule has 1 heterocycles. The highest BCUT2D eigenvalue weighted by atomic mass is 19.1. The average Bonchev–Trinajstić information content (AvgIpc) is 2.79. The van der Waals surface area contributed by atoms with Gasteiger partial charge in [-0.2, -0.15) is 0 Å². The second-order valence-corrected chi connectivity index (χ2v) is 7.64. The highest BCUT2D eigenvalue weighted by Crippen LogP contribution is 2.25. The zero-order valence-electron chi connectivity index (χ0n) is 16.8. The summed E-state index contributed by atoms with van der Waals surface area (Å²) in [4.78, 5) is 38.8. The number of carbonyl (C=O) groups excluding carboxylic acids is 3. The van der Waals surface area contributed by atoms with Crippen LogP contribution in [-0.2, 0) is 4.79 Å². The SMILES string of the molecule is NC(=O)c1cc(NC(=O)C2CCN(C(=O)c3cccc4ccccc34)CC2)ccc1F. The number of hydrogen-bond donors (Lipinski definition) is 2. The Bertz CT molecular complexity index is 1160. The molecule has 7 heteroatoms. The molecule has 3 N–H and O–H groups in total. The van der Waals surface area contributed by atoms with Crippen molar-refractivity contribution < 1.29 is 18.8 Å². The number of benzene rings is 3. The lowest BCUT2D eigenvalue weighted by Gasteiger charge is -2.31. The molecule has 6 nitrogen and oxygen atoms in total. The number of nitrogens with one attached hydrogen (secondary N) is 1. The van der Waals surface area contributed by atoms with Crippen LogP contribution in [0.5, 0.6) is 0 Å². The average molecular weight is 419 g/mol. The van der Waals surface area contributed by atoms with Crippen LogP contribution in [0.4, 0.5) is 10.1 Å². The summed E-state index contributed by atoms with van der Waals surface area (Å²) in [6, 6.07) is 17.2. The number of nitrogens with two attached hydrogens (primary N) is 1. The van der Waals surface area contributed by atoms with E-state index < -0.39 is 11.7 Å². The van der Waals surface area contributed by atoms with E-state index in [1.807, 2.05) is 42.5 Å². The molecule has 1 saturated heterocycles. The Labute approximate surface area is 178 Å². The van der Waals surface area contributed by atoms with E-state index in [2.05, 4.69) is 5.32 Å². The van der Waals surface area contributed by atoms with Crippen molar-refractivity contribution in [3.8, 4) is 0 Å². The van der Waals surface area contributed by atoms with Gasteiger partial charge in [0.2, 0.25) is 5.91 Å². The predicted octanol–water partition coefficient (Wildman–Crippen LogP) is 3.57. The van der Waals surface area contributed by atoms with Gasteiger partial charge in [0.25, 0.3) is 11.8 Å². The second kappa shape index (κ2) is 8.55. The fourth-order valence-corrected chi connectivity index (χ4v) is 3.96. The molecule has 1 aliphatic heterocycles. The number of nitrogens with zero attached hydrogens (tertiary/aromatic N) is 1. The molecule has 0 atom stereocenters. The van der Waals surface area contributed by atoms with E-state index in [9.17, 15) is 18.8 Å². The number of amides is 3. The Morgan fingerprint density at radius 1 is 0.935 bits per heavy atom. The van der Waals surface area contributed by atoms with Gasteiger partial charge in [0, 0.05) is 30.3 Å². The molecule has 0 unspecified atom stereocenters. The summed E-state index contributed by atoms with van der Waals surface area (Å²) in [6.07, 6.45) is 1.04. The van der Waals surface area contributed by atoms with Gasteiger partial charge >= 0.3 is 0 Å². The number of likely N-dealkylation sites (tertiary alicyclic amines) is 1. The van der Waals surface area contributed by atoms with Crippen LogP contribution in [0.1, 0.15) is 33.6 Å². The van der Waals surface area contributed by atoms with Crippen molar-refractivity contribution >= 4 is 34.2 Å². The lowest BCUT2D eigenvalue weighted by molar-refractivity contribution is -0.121. The fraction of sp³-hybridized carbons (Fsp3) is 0.208. The molecule has 0 radical (unpaired) electrons. The van der Waals surface area contributed by atoms with Crippen LogP contribution in [0.15, 0.2) is 60.7 Å². The molecule has 0 bridgehead atoms. The van der Waals surface area contributed by atoms with Crippen LogP contribution < -0.4 is 11.1 Å². The van der Waals surface area contributed by atoms with Crippen LogP contribution in [0, 0.1) is 11.7 Å². The zero-order chi connectivity index (χ0) is 22.0. The molecule has 158 valence electrons. The Kier molecular flexibility index (Phi) is 5.66. The van der Waals surface area contributed by atoms with Gasteiger partial charge in [-0.1, -0.05) is 36.4 Å². The van der Waals surface area contributed by atoms with E-state index in [0.29, 0.717) is 37.2 Å². The highest BCUT2D eigenvalue weighted by Gasteiger charge is 2.28. The summed E-state index contributed by atoms with van der Waals surface area (Å²) in [6.45, 7) is 0.937. The maximum atomic E-state index is 13.6. The van der Waals surface area contributed by atoms with Gasteiger partial charge < -0.3 is 16.0 Å². The van der Waals surface area contributed by atoms with Crippen molar-refractivity contribution in [2.45, 2.75) is 12.8 Å². The lowest BCUT2D eigenvalue weighted by Crippen LogP contribution is -2.41. The van der Waals surface area contributed by atoms with Gasteiger partial charge in [0.1, 0.15) is 5.82 Å². The first-order valence-corrected chi connectivity index (χ1v) is 10.1. The largest absolute Gasteiger partial charge is 0.366 e. The Hall–Kier alpha value is -3.74. The molecule has 0 spiro atoms.